The highest BCUT2D eigenvalue weighted by Crippen LogP contribution is 2.13. The number of carbonyl (C=O) groups excluding carboxylic acids is 1. The van der Waals surface area contributed by atoms with Gasteiger partial charge in [-0.3, -0.25) is 4.79 Å². The van der Waals surface area contributed by atoms with Crippen LogP contribution >= 0.6 is 0 Å². The summed E-state index contributed by atoms with van der Waals surface area (Å²) in [5.41, 5.74) is 4.36. The van der Waals surface area contributed by atoms with Crippen molar-refractivity contribution in [3.8, 4) is 0 Å². The maximum absolute atomic E-state index is 12.4. The zero-order chi connectivity index (χ0) is 27.3. The normalized spacial score (nSPS) is 13.1. The van der Waals surface area contributed by atoms with Crippen LogP contribution < -0.4 is 10.6 Å². The largest absolute Gasteiger partial charge is 0.352 e. The molecule has 1 aliphatic carbocycles. The highest BCUT2D eigenvalue weighted by atomic mass is 32.2. The van der Waals surface area contributed by atoms with Crippen molar-refractivity contribution < 1.29 is 22.0 Å². The summed E-state index contributed by atoms with van der Waals surface area (Å²) in [6.07, 6.45) is 10.8. The summed E-state index contributed by atoms with van der Waals surface area (Å²) in [6.45, 7) is 5.99. The lowest BCUT2D eigenvalue weighted by Gasteiger charge is -2.08. The Morgan fingerprint density at radius 2 is 1.73 bits per heavy atom. The summed E-state index contributed by atoms with van der Waals surface area (Å²) in [5, 5.41) is 6.31. The van der Waals surface area contributed by atoms with Crippen molar-refractivity contribution in [1.82, 2.24) is 10.6 Å². The van der Waals surface area contributed by atoms with E-state index in [4.69, 9.17) is 0 Å². The molecule has 0 heterocycles. The van der Waals surface area contributed by atoms with Crippen molar-refractivity contribution in [2.75, 3.05) is 25.1 Å². The molecule has 0 saturated carbocycles. The van der Waals surface area contributed by atoms with E-state index in [0.717, 1.165) is 32.0 Å². The molecule has 1 aliphatic rings. The quantitative estimate of drug-likeness (QED) is 0.425. The second kappa shape index (κ2) is 15.2. The van der Waals surface area contributed by atoms with E-state index in [0.29, 0.717) is 29.7 Å². The Labute approximate surface area is 219 Å². The fraction of sp³-hybridized carbons (Fsp3) is 0.345. The number of sulfone groups is 1. The average molecular weight is 531 g/mol. The number of aryl methyl sites for hydroxylation is 2. The molecule has 0 bridgehead atoms. The minimum Gasteiger partial charge on any atom is -0.352 e. The molecule has 200 valence electrons. The Balaban J connectivity index is 0.000000449. The standard InChI is InChI=1S/C22H30N2O3S.C7H6F2/c1-3-18-9-6-10-19(14-18)16-23-12-7-13-24-22(25)21-11-5-4-8-20(15-21)17-28(2,26)27;1-5-2-6(8)4-7(9)3-5/h4,6,8-11,14-15,23H,3,5,7,12-13,16-17H2,1-2H3,(H,24,25);2-4H,1H3. The topological polar surface area (TPSA) is 75.3 Å². The summed E-state index contributed by atoms with van der Waals surface area (Å²) in [7, 11) is -3.13. The molecule has 0 radical (unpaired) electrons. The molecular weight excluding hydrogens is 494 g/mol. The molecule has 37 heavy (non-hydrogen) atoms. The van der Waals surface area contributed by atoms with Crippen molar-refractivity contribution in [3.63, 3.8) is 0 Å². The van der Waals surface area contributed by atoms with Gasteiger partial charge < -0.3 is 10.6 Å². The van der Waals surface area contributed by atoms with Crippen LogP contribution in [0.2, 0.25) is 0 Å². The van der Waals surface area contributed by atoms with Crippen LogP contribution in [-0.4, -0.2) is 39.4 Å². The number of halogens is 2. The molecule has 3 rings (SSSR count). The number of hydrogen-bond acceptors (Lipinski definition) is 4. The number of nitrogens with one attached hydrogen (secondary N) is 2. The first-order valence-corrected chi connectivity index (χ1v) is 14.4. The molecule has 2 N–H and O–H groups in total. The lowest BCUT2D eigenvalue weighted by atomic mass is 10.1. The molecule has 2 aromatic rings. The Bertz CT molecular complexity index is 1200. The van der Waals surface area contributed by atoms with Crippen molar-refractivity contribution in [2.45, 2.75) is 39.7 Å². The molecule has 8 heteroatoms. The molecule has 0 aromatic heterocycles. The summed E-state index contributed by atoms with van der Waals surface area (Å²) in [6, 6.07) is 11.9. The van der Waals surface area contributed by atoms with Gasteiger partial charge >= 0.3 is 0 Å². The van der Waals surface area contributed by atoms with E-state index in [1.165, 1.54) is 29.5 Å². The molecule has 1 amide bonds. The van der Waals surface area contributed by atoms with Crippen LogP contribution in [0.15, 0.2) is 77.9 Å². The van der Waals surface area contributed by atoms with Gasteiger partial charge in [-0.05, 0) is 73.2 Å². The minimum atomic E-state index is -3.13. The number of rotatable bonds is 10. The van der Waals surface area contributed by atoms with E-state index in [2.05, 4.69) is 41.8 Å². The van der Waals surface area contributed by atoms with E-state index in [-0.39, 0.29) is 11.7 Å². The Kier molecular flexibility index (Phi) is 12.4. The fourth-order valence-corrected chi connectivity index (χ4v) is 4.46. The van der Waals surface area contributed by atoms with E-state index in [1.54, 1.807) is 19.1 Å². The van der Waals surface area contributed by atoms with E-state index in [1.807, 2.05) is 12.2 Å². The lowest BCUT2D eigenvalue weighted by molar-refractivity contribution is -0.117. The highest BCUT2D eigenvalue weighted by Gasteiger charge is 2.12. The lowest BCUT2D eigenvalue weighted by Crippen LogP contribution is -2.28. The third kappa shape index (κ3) is 12.6. The molecule has 2 aromatic carbocycles. The third-order valence-electron chi connectivity index (χ3n) is 5.39. The fourth-order valence-electron chi connectivity index (χ4n) is 3.67. The zero-order valence-corrected chi connectivity index (χ0v) is 22.5. The Morgan fingerprint density at radius 1 is 1.03 bits per heavy atom. The number of carbonyl (C=O) groups is 1. The molecule has 0 fully saturated rings. The van der Waals surface area contributed by atoms with Gasteiger partial charge in [0.05, 0.1) is 5.75 Å². The summed E-state index contributed by atoms with van der Waals surface area (Å²) < 4.78 is 47.4. The number of hydrogen-bond donors (Lipinski definition) is 2. The van der Waals surface area contributed by atoms with Gasteiger partial charge in [-0.15, -0.1) is 0 Å². The van der Waals surface area contributed by atoms with Crippen LogP contribution in [0.25, 0.3) is 0 Å². The molecule has 0 aliphatic heterocycles. The maximum Gasteiger partial charge on any atom is 0.250 e. The second-order valence-electron chi connectivity index (χ2n) is 8.99. The third-order valence-corrected chi connectivity index (χ3v) is 6.25. The molecule has 0 unspecified atom stereocenters. The zero-order valence-electron chi connectivity index (χ0n) is 21.7. The van der Waals surface area contributed by atoms with Crippen LogP contribution in [0, 0.1) is 18.6 Å². The van der Waals surface area contributed by atoms with Crippen LogP contribution in [0.1, 0.15) is 36.5 Å². The van der Waals surface area contributed by atoms with Gasteiger partial charge in [0.25, 0.3) is 5.91 Å². The van der Waals surface area contributed by atoms with Gasteiger partial charge in [0.1, 0.15) is 11.6 Å². The van der Waals surface area contributed by atoms with Crippen LogP contribution in [0.5, 0.6) is 0 Å². The van der Waals surface area contributed by atoms with E-state index < -0.39 is 21.5 Å². The van der Waals surface area contributed by atoms with Crippen molar-refractivity contribution >= 4 is 15.7 Å². The molecule has 0 atom stereocenters. The number of allylic oxidation sites excluding steroid dienone is 3. The first kappa shape index (κ1) is 30.1. The van der Waals surface area contributed by atoms with Gasteiger partial charge in [0.15, 0.2) is 9.84 Å². The number of amides is 1. The molecule has 0 saturated heterocycles. The first-order valence-electron chi connectivity index (χ1n) is 12.3. The predicted molar refractivity (Wildman–Crippen MR) is 146 cm³/mol. The Hall–Kier alpha value is -3.10. The monoisotopic (exact) mass is 530 g/mol. The van der Waals surface area contributed by atoms with Gasteiger partial charge in [-0.25, -0.2) is 17.2 Å². The van der Waals surface area contributed by atoms with Crippen LogP contribution in [0.4, 0.5) is 8.78 Å². The molecule has 0 spiro atoms. The maximum atomic E-state index is 12.4. The second-order valence-corrected chi connectivity index (χ2v) is 11.1. The van der Waals surface area contributed by atoms with Crippen molar-refractivity contribution in [1.29, 1.82) is 0 Å². The summed E-state index contributed by atoms with van der Waals surface area (Å²) in [5.74, 6) is -1.26. The summed E-state index contributed by atoms with van der Waals surface area (Å²) >= 11 is 0. The van der Waals surface area contributed by atoms with E-state index in [9.17, 15) is 22.0 Å². The Morgan fingerprint density at radius 3 is 2.38 bits per heavy atom. The first-order chi connectivity index (χ1) is 17.6. The van der Waals surface area contributed by atoms with Gasteiger partial charge in [0, 0.05) is 31.0 Å². The summed E-state index contributed by atoms with van der Waals surface area (Å²) in [4.78, 5) is 12.4. The minimum absolute atomic E-state index is 0.0583. The van der Waals surface area contributed by atoms with Crippen molar-refractivity contribution in [2.24, 2.45) is 0 Å². The van der Waals surface area contributed by atoms with E-state index >= 15 is 0 Å². The SMILES string of the molecule is CCc1cccc(CNCCCNC(=O)C2=CCC=CC(CS(C)(=O)=O)=C2)c1.Cc1cc(F)cc(F)c1. The van der Waals surface area contributed by atoms with Crippen LogP contribution in [-0.2, 0) is 27.6 Å². The van der Waals surface area contributed by atoms with Gasteiger partial charge in [-0.1, -0.05) is 49.4 Å². The van der Waals surface area contributed by atoms with Gasteiger partial charge in [0.2, 0.25) is 0 Å². The predicted octanol–water partition coefficient (Wildman–Crippen LogP) is 4.98. The highest BCUT2D eigenvalue weighted by molar-refractivity contribution is 7.90. The number of benzene rings is 2. The molecule has 5 nitrogen and oxygen atoms in total. The smallest absolute Gasteiger partial charge is 0.250 e. The van der Waals surface area contributed by atoms with Crippen LogP contribution in [0.3, 0.4) is 0 Å². The molecular formula is C29H36F2N2O3S. The van der Waals surface area contributed by atoms with Gasteiger partial charge in [-0.2, -0.15) is 0 Å². The average Bonchev–Trinajstić information content (AvgIpc) is 3.05. The van der Waals surface area contributed by atoms with Crippen molar-refractivity contribution in [3.05, 3.63) is 106 Å².